The zero-order valence-electron chi connectivity index (χ0n) is 11.7. The Kier molecular flexibility index (Phi) is 4.98. The minimum Gasteiger partial charge on any atom is -0.481 e. The molecule has 0 heterocycles. The molecule has 1 N–H and O–H groups in total. The number of amides is 1. The third-order valence-electron chi connectivity index (χ3n) is 3.54. The van der Waals surface area contributed by atoms with E-state index in [4.69, 9.17) is 5.11 Å². The molecule has 1 amide bonds. The van der Waals surface area contributed by atoms with Gasteiger partial charge in [-0.05, 0) is 46.5 Å². The van der Waals surface area contributed by atoms with Crippen molar-refractivity contribution < 1.29 is 19.1 Å². The first-order valence-electron chi connectivity index (χ1n) is 6.84. The fraction of sp³-hybridized carbons (Fsp3) is 0.467. The molecule has 0 spiro atoms. The number of benzene rings is 1. The number of halogens is 2. The molecule has 2 rings (SSSR count). The predicted octanol–water partition coefficient (Wildman–Crippen LogP) is 2.84. The molecule has 1 unspecified atom stereocenters. The molecular formula is C15H17BrFNO3. The summed E-state index contributed by atoms with van der Waals surface area (Å²) in [5.41, 5.74) is 0.592. The summed E-state index contributed by atoms with van der Waals surface area (Å²) in [5.74, 6) is -2.07. The molecule has 6 heteroatoms. The van der Waals surface area contributed by atoms with Gasteiger partial charge in [0.1, 0.15) is 5.82 Å². The topological polar surface area (TPSA) is 57.6 Å². The molecule has 0 bridgehead atoms. The average molecular weight is 358 g/mol. The zero-order valence-corrected chi connectivity index (χ0v) is 13.3. The molecule has 0 aromatic heterocycles. The van der Waals surface area contributed by atoms with E-state index in [1.165, 1.54) is 6.07 Å². The first kappa shape index (κ1) is 15.9. The summed E-state index contributed by atoms with van der Waals surface area (Å²) in [6, 6.07) is 4.73. The van der Waals surface area contributed by atoms with Gasteiger partial charge in [0.15, 0.2) is 0 Å². The van der Waals surface area contributed by atoms with E-state index in [0.29, 0.717) is 10.0 Å². The lowest BCUT2D eigenvalue weighted by atomic mass is 10.1. The van der Waals surface area contributed by atoms with Gasteiger partial charge in [0.05, 0.1) is 16.8 Å². The second kappa shape index (κ2) is 6.56. The average Bonchev–Trinajstić information content (AvgIpc) is 3.24. The molecule has 4 nitrogen and oxygen atoms in total. The first-order chi connectivity index (χ1) is 9.88. The molecule has 0 saturated heterocycles. The number of hydrogen-bond donors (Lipinski definition) is 1. The van der Waals surface area contributed by atoms with E-state index in [1.807, 2.05) is 0 Å². The Labute approximate surface area is 131 Å². The van der Waals surface area contributed by atoms with Gasteiger partial charge in [-0.25, -0.2) is 4.39 Å². The van der Waals surface area contributed by atoms with Crippen LogP contribution in [0.5, 0.6) is 0 Å². The van der Waals surface area contributed by atoms with Crippen LogP contribution in [0.25, 0.3) is 0 Å². The first-order valence-corrected chi connectivity index (χ1v) is 7.64. The third-order valence-corrected chi connectivity index (χ3v) is 4.18. The fourth-order valence-corrected chi connectivity index (χ4v) is 2.39. The summed E-state index contributed by atoms with van der Waals surface area (Å²) in [6.07, 6.45) is 1.91. The van der Waals surface area contributed by atoms with E-state index in [2.05, 4.69) is 15.9 Å². The van der Waals surface area contributed by atoms with Crippen molar-refractivity contribution in [2.45, 2.75) is 32.2 Å². The van der Waals surface area contributed by atoms with Gasteiger partial charge in [0.25, 0.3) is 0 Å². The molecule has 1 atom stereocenters. The molecule has 0 aliphatic heterocycles. The number of rotatable bonds is 6. The maximum Gasteiger partial charge on any atom is 0.308 e. The summed E-state index contributed by atoms with van der Waals surface area (Å²) in [7, 11) is 0. The normalized spacial score (nSPS) is 15.6. The van der Waals surface area contributed by atoms with E-state index < -0.39 is 17.7 Å². The summed E-state index contributed by atoms with van der Waals surface area (Å²) >= 11 is 3.07. The Morgan fingerprint density at radius 3 is 2.67 bits per heavy atom. The van der Waals surface area contributed by atoms with Crippen molar-refractivity contribution in [3.63, 3.8) is 0 Å². The Bertz CT molecular complexity index is 560. The third kappa shape index (κ3) is 4.27. The van der Waals surface area contributed by atoms with Crippen molar-refractivity contribution in [3.8, 4) is 0 Å². The highest BCUT2D eigenvalue weighted by Gasteiger charge is 2.34. The number of carbonyl (C=O) groups excluding carboxylic acids is 1. The number of aliphatic carboxylic acids is 1. The summed E-state index contributed by atoms with van der Waals surface area (Å²) in [6.45, 7) is 1.79. The van der Waals surface area contributed by atoms with Gasteiger partial charge in [-0.2, -0.15) is 0 Å². The van der Waals surface area contributed by atoms with Crippen LogP contribution in [-0.4, -0.2) is 34.5 Å². The molecule has 1 aliphatic rings. The van der Waals surface area contributed by atoms with Crippen LogP contribution in [0.3, 0.4) is 0 Å². The van der Waals surface area contributed by atoms with Gasteiger partial charge in [0.2, 0.25) is 5.91 Å². The lowest BCUT2D eigenvalue weighted by molar-refractivity contribution is -0.143. The van der Waals surface area contributed by atoms with Gasteiger partial charge in [-0.15, -0.1) is 0 Å². The van der Waals surface area contributed by atoms with Crippen molar-refractivity contribution in [3.05, 3.63) is 34.1 Å². The van der Waals surface area contributed by atoms with Crippen LogP contribution in [0.1, 0.15) is 25.3 Å². The molecule has 21 heavy (non-hydrogen) atoms. The molecule has 1 aromatic rings. The maximum absolute atomic E-state index is 13.5. The van der Waals surface area contributed by atoms with Crippen LogP contribution in [0, 0.1) is 11.7 Å². The lowest BCUT2D eigenvalue weighted by Crippen LogP contribution is -2.39. The Morgan fingerprint density at radius 2 is 2.14 bits per heavy atom. The number of carboxylic acids is 1. The molecule has 1 aromatic carbocycles. The van der Waals surface area contributed by atoms with E-state index in [-0.39, 0.29) is 24.9 Å². The van der Waals surface area contributed by atoms with Crippen LogP contribution < -0.4 is 0 Å². The van der Waals surface area contributed by atoms with Crippen molar-refractivity contribution in [2.75, 3.05) is 6.54 Å². The number of nitrogens with zero attached hydrogens (tertiary/aromatic N) is 1. The van der Waals surface area contributed by atoms with Crippen molar-refractivity contribution >= 4 is 27.8 Å². The molecular weight excluding hydrogens is 341 g/mol. The Balaban J connectivity index is 2.04. The molecule has 0 radical (unpaired) electrons. The second-order valence-corrected chi connectivity index (χ2v) is 6.30. The van der Waals surface area contributed by atoms with E-state index in [9.17, 15) is 14.0 Å². The number of hydrogen-bond acceptors (Lipinski definition) is 2. The lowest BCUT2D eigenvalue weighted by Gasteiger charge is -2.24. The Morgan fingerprint density at radius 1 is 1.48 bits per heavy atom. The van der Waals surface area contributed by atoms with Gasteiger partial charge < -0.3 is 10.0 Å². The SMILES string of the molecule is CC(CN(C(=O)Cc1ccc(Br)c(F)c1)C1CC1)C(=O)O. The molecule has 1 aliphatic carbocycles. The van der Waals surface area contributed by atoms with Gasteiger partial charge >= 0.3 is 5.97 Å². The highest BCUT2D eigenvalue weighted by Crippen LogP contribution is 2.28. The number of carboxylic acid groups (broad SMARTS) is 1. The molecule has 1 saturated carbocycles. The van der Waals surface area contributed by atoms with Crippen LogP contribution in [-0.2, 0) is 16.0 Å². The smallest absolute Gasteiger partial charge is 0.308 e. The van der Waals surface area contributed by atoms with Crippen LogP contribution >= 0.6 is 15.9 Å². The summed E-state index contributed by atoms with van der Waals surface area (Å²) in [5, 5.41) is 8.98. The standard InChI is InChI=1S/C15H17BrFNO3/c1-9(15(20)21)8-18(11-3-4-11)14(19)7-10-2-5-12(16)13(17)6-10/h2,5-6,9,11H,3-4,7-8H2,1H3,(H,20,21). The van der Waals surface area contributed by atoms with Gasteiger partial charge in [-0.3, -0.25) is 9.59 Å². The summed E-state index contributed by atoms with van der Waals surface area (Å²) in [4.78, 5) is 24.9. The van der Waals surface area contributed by atoms with E-state index >= 15 is 0 Å². The van der Waals surface area contributed by atoms with E-state index in [0.717, 1.165) is 12.8 Å². The number of carbonyl (C=O) groups is 2. The van der Waals surface area contributed by atoms with Crippen molar-refractivity contribution in [1.29, 1.82) is 0 Å². The monoisotopic (exact) mass is 357 g/mol. The van der Waals surface area contributed by atoms with Crippen molar-refractivity contribution in [2.24, 2.45) is 5.92 Å². The van der Waals surface area contributed by atoms with Crippen LogP contribution in [0.15, 0.2) is 22.7 Å². The maximum atomic E-state index is 13.5. The van der Waals surface area contributed by atoms with Crippen LogP contribution in [0.2, 0.25) is 0 Å². The van der Waals surface area contributed by atoms with Crippen molar-refractivity contribution in [1.82, 2.24) is 4.90 Å². The van der Waals surface area contributed by atoms with E-state index in [1.54, 1.807) is 24.0 Å². The van der Waals surface area contributed by atoms with Crippen LogP contribution in [0.4, 0.5) is 4.39 Å². The minimum atomic E-state index is -0.914. The predicted molar refractivity (Wildman–Crippen MR) is 79.3 cm³/mol. The fourth-order valence-electron chi connectivity index (χ4n) is 2.14. The Hall–Kier alpha value is -1.43. The minimum absolute atomic E-state index is 0.0903. The highest BCUT2D eigenvalue weighted by molar-refractivity contribution is 9.10. The summed E-state index contributed by atoms with van der Waals surface area (Å²) < 4.78 is 13.8. The quantitative estimate of drug-likeness (QED) is 0.851. The largest absolute Gasteiger partial charge is 0.481 e. The highest BCUT2D eigenvalue weighted by atomic mass is 79.9. The molecule has 1 fully saturated rings. The second-order valence-electron chi connectivity index (χ2n) is 5.44. The zero-order chi connectivity index (χ0) is 15.6. The van der Waals surface area contributed by atoms with Gasteiger partial charge in [0, 0.05) is 12.6 Å². The van der Waals surface area contributed by atoms with Gasteiger partial charge in [-0.1, -0.05) is 13.0 Å². The molecule has 114 valence electrons.